The highest BCUT2D eigenvalue weighted by atomic mass is 35.5. The maximum atomic E-state index is 13.6. The first-order valence-electron chi connectivity index (χ1n) is 12.6. The van der Waals surface area contributed by atoms with E-state index >= 15 is 0 Å². The number of nitrogens with zero attached hydrogens (tertiary/aromatic N) is 2. The zero-order chi connectivity index (χ0) is 22.6. The lowest BCUT2D eigenvalue weighted by Crippen LogP contribution is -2.73. The van der Waals surface area contributed by atoms with Crippen molar-refractivity contribution >= 4 is 24.2 Å². The fraction of sp³-hybridized carbons (Fsp3) is 0.692. The van der Waals surface area contributed by atoms with Crippen LogP contribution in [0, 0.1) is 11.7 Å². The lowest BCUT2D eigenvalue weighted by Gasteiger charge is -2.52. The number of unbranched alkanes of at least 4 members (excludes halogenated alkanes) is 1. The van der Waals surface area contributed by atoms with Crippen LogP contribution < -0.4 is 5.32 Å². The molecule has 2 aliphatic heterocycles. The fourth-order valence-electron chi connectivity index (χ4n) is 5.90. The number of hydrogen-bond acceptors (Lipinski definition) is 3. The molecule has 2 saturated heterocycles. The summed E-state index contributed by atoms with van der Waals surface area (Å²) in [7, 11) is 0. The van der Waals surface area contributed by atoms with Crippen LogP contribution in [0.2, 0.25) is 0 Å². The number of carbonyl (C=O) groups excluding carboxylic acids is 2. The predicted molar refractivity (Wildman–Crippen MR) is 131 cm³/mol. The summed E-state index contributed by atoms with van der Waals surface area (Å²) in [6.45, 7) is 4.92. The van der Waals surface area contributed by atoms with Crippen LogP contribution in [0.3, 0.4) is 0 Å². The summed E-state index contributed by atoms with van der Waals surface area (Å²) in [4.78, 5) is 31.3. The largest absolute Gasteiger partial charge is 0.342 e. The molecule has 1 N–H and O–H groups in total. The summed E-state index contributed by atoms with van der Waals surface area (Å²) < 4.78 is 13.6. The van der Waals surface area contributed by atoms with Crippen molar-refractivity contribution in [2.45, 2.75) is 89.3 Å². The van der Waals surface area contributed by atoms with E-state index in [1.54, 1.807) is 12.1 Å². The van der Waals surface area contributed by atoms with Crippen molar-refractivity contribution in [3.05, 3.63) is 35.6 Å². The van der Waals surface area contributed by atoms with E-state index in [9.17, 15) is 14.0 Å². The van der Waals surface area contributed by atoms with E-state index in [1.165, 1.54) is 38.2 Å². The summed E-state index contributed by atoms with van der Waals surface area (Å²) in [5.74, 6) is 0.498. The monoisotopic (exact) mass is 479 g/mol. The second kappa shape index (κ2) is 11.7. The molecule has 1 atom stereocenters. The number of hydrogen-bond donors (Lipinski definition) is 1. The van der Waals surface area contributed by atoms with Crippen LogP contribution in [0.25, 0.3) is 0 Å². The number of rotatable bonds is 7. The Hall–Kier alpha value is -1.66. The topological polar surface area (TPSA) is 52.7 Å². The Kier molecular flexibility index (Phi) is 9.17. The second-order valence-corrected chi connectivity index (χ2v) is 10.0. The van der Waals surface area contributed by atoms with E-state index in [1.807, 2.05) is 11.0 Å². The third-order valence-corrected chi connectivity index (χ3v) is 7.82. The van der Waals surface area contributed by atoms with Crippen molar-refractivity contribution in [2.75, 3.05) is 19.6 Å². The third-order valence-electron chi connectivity index (χ3n) is 7.82. The minimum atomic E-state index is -0.728. The molecule has 1 spiro atoms. The second-order valence-electron chi connectivity index (χ2n) is 10.0. The molecule has 1 saturated carbocycles. The van der Waals surface area contributed by atoms with Crippen LogP contribution in [-0.2, 0) is 16.1 Å². The highest BCUT2D eigenvalue weighted by Crippen LogP contribution is 2.36. The average molecular weight is 480 g/mol. The molecule has 33 heavy (non-hydrogen) atoms. The van der Waals surface area contributed by atoms with Crippen molar-refractivity contribution in [3.8, 4) is 0 Å². The molecule has 0 unspecified atom stereocenters. The maximum absolute atomic E-state index is 13.6. The van der Waals surface area contributed by atoms with Gasteiger partial charge >= 0.3 is 0 Å². The fourth-order valence-corrected chi connectivity index (χ4v) is 5.90. The first-order valence-corrected chi connectivity index (χ1v) is 12.6. The van der Waals surface area contributed by atoms with E-state index in [2.05, 4.69) is 17.1 Å². The number of likely N-dealkylation sites (tertiary alicyclic amines) is 1. The van der Waals surface area contributed by atoms with Crippen LogP contribution >= 0.6 is 12.4 Å². The molecule has 2 heterocycles. The van der Waals surface area contributed by atoms with Gasteiger partial charge in [-0.15, -0.1) is 12.4 Å². The summed E-state index contributed by atoms with van der Waals surface area (Å²) in [6, 6.07) is 6.35. The minimum Gasteiger partial charge on any atom is -0.342 e. The highest BCUT2D eigenvalue weighted by Gasteiger charge is 2.53. The van der Waals surface area contributed by atoms with Crippen molar-refractivity contribution < 1.29 is 14.0 Å². The van der Waals surface area contributed by atoms with Crippen LogP contribution in [0.5, 0.6) is 0 Å². The number of benzene rings is 1. The van der Waals surface area contributed by atoms with Gasteiger partial charge in [0.05, 0.1) is 0 Å². The molecule has 5 nitrogen and oxygen atoms in total. The van der Waals surface area contributed by atoms with Gasteiger partial charge < -0.3 is 10.2 Å². The standard InChI is InChI=1S/C26H38FN3O2.ClH/c1-2-3-14-30-24(31)23(18-20-8-5-4-6-9-20)28-25(32)26(30)12-15-29(16-13-26)19-21-10-7-11-22(27)17-21;/h7,10-11,17,20,23H,2-6,8-9,12-16,18-19H2,1H3,(H,28,32);1H/t23-;/m0./s1. The quantitative estimate of drug-likeness (QED) is 0.617. The van der Waals surface area contributed by atoms with Crippen LogP contribution in [0.4, 0.5) is 4.39 Å². The van der Waals surface area contributed by atoms with E-state index in [0.717, 1.165) is 37.9 Å². The molecule has 2 amide bonds. The zero-order valence-corrected chi connectivity index (χ0v) is 20.7. The molecule has 1 aromatic rings. The van der Waals surface area contributed by atoms with Crippen molar-refractivity contribution in [1.29, 1.82) is 0 Å². The van der Waals surface area contributed by atoms with Gasteiger partial charge in [-0.25, -0.2) is 4.39 Å². The van der Waals surface area contributed by atoms with Gasteiger partial charge in [-0.1, -0.05) is 57.6 Å². The molecule has 1 aromatic carbocycles. The Morgan fingerprint density at radius 3 is 2.52 bits per heavy atom. The van der Waals surface area contributed by atoms with Crippen LogP contribution in [0.15, 0.2) is 24.3 Å². The van der Waals surface area contributed by atoms with E-state index in [-0.39, 0.29) is 36.1 Å². The first-order chi connectivity index (χ1) is 15.5. The molecule has 7 heteroatoms. The van der Waals surface area contributed by atoms with Crippen molar-refractivity contribution in [2.24, 2.45) is 5.92 Å². The van der Waals surface area contributed by atoms with Gasteiger partial charge in [-0.05, 0) is 49.3 Å². The zero-order valence-electron chi connectivity index (χ0n) is 19.9. The summed E-state index contributed by atoms with van der Waals surface area (Å²) in [5.41, 5.74) is 0.216. The lowest BCUT2D eigenvalue weighted by atomic mass is 9.79. The summed E-state index contributed by atoms with van der Waals surface area (Å²) >= 11 is 0. The van der Waals surface area contributed by atoms with E-state index in [0.29, 0.717) is 31.8 Å². The first kappa shape index (κ1) is 26.0. The molecule has 3 aliphatic rings. The number of nitrogens with one attached hydrogen (secondary N) is 1. The van der Waals surface area contributed by atoms with E-state index < -0.39 is 5.54 Å². The number of amides is 2. The van der Waals surface area contributed by atoms with Gasteiger partial charge in [0, 0.05) is 26.2 Å². The molecule has 4 rings (SSSR count). The van der Waals surface area contributed by atoms with Gasteiger partial charge in [0.25, 0.3) is 0 Å². The van der Waals surface area contributed by atoms with Gasteiger partial charge in [0.2, 0.25) is 11.8 Å². The van der Waals surface area contributed by atoms with Crippen LogP contribution in [-0.4, -0.2) is 52.8 Å². The molecule has 184 valence electrons. The number of piperazine rings is 1. The molecular formula is C26H39ClFN3O2. The molecule has 3 fully saturated rings. The molecule has 1 aliphatic carbocycles. The van der Waals surface area contributed by atoms with Gasteiger partial charge in [0.1, 0.15) is 17.4 Å². The Labute approximate surface area is 203 Å². The van der Waals surface area contributed by atoms with E-state index in [4.69, 9.17) is 0 Å². The van der Waals surface area contributed by atoms with Gasteiger partial charge in [0.15, 0.2) is 0 Å². The molecule has 0 radical (unpaired) electrons. The van der Waals surface area contributed by atoms with Crippen molar-refractivity contribution in [3.63, 3.8) is 0 Å². The molecular weight excluding hydrogens is 441 g/mol. The molecule has 0 bridgehead atoms. The number of piperidine rings is 1. The predicted octanol–water partition coefficient (Wildman–Crippen LogP) is 4.68. The highest BCUT2D eigenvalue weighted by molar-refractivity contribution is 6.00. The molecule has 0 aromatic heterocycles. The van der Waals surface area contributed by atoms with Crippen molar-refractivity contribution in [1.82, 2.24) is 15.1 Å². The van der Waals surface area contributed by atoms with Crippen LogP contribution in [0.1, 0.15) is 76.7 Å². The van der Waals surface area contributed by atoms with Gasteiger partial charge in [-0.2, -0.15) is 0 Å². The Bertz CT molecular complexity index is 806. The normalized spacial score (nSPS) is 23.9. The SMILES string of the molecule is CCCCN1C(=O)[C@H](CC2CCCCC2)NC(=O)C12CCN(Cc1cccc(F)c1)CC2.Cl. The Balaban J connectivity index is 0.00000306. The minimum absolute atomic E-state index is 0. The average Bonchev–Trinajstić information content (AvgIpc) is 2.80. The Morgan fingerprint density at radius 1 is 1.12 bits per heavy atom. The smallest absolute Gasteiger partial charge is 0.246 e. The third kappa shape index (κ3) is 5.89. The van der Waals surface area contributed by atoms with Gasteiger partial charge in [-0.3, -0.25) is 14.5 Å². The summed E-state index contributed by atoms with van der Waals surface area (Å²) in [5, 5.41) is 3.15. The summed E-state index contributed by atoms with van der Waals surface area (Å²) in [6.07, 6.45) is 10.1. The lowest BCUT2D eigenvalue weighted by molar-refractivity contribution is -0.162. The maximum Gasteiger partial charge on any atom is 0.246 e. The number of carbonyl (C=O) groups is 2. The number of halogens is 2. The Morgan fingerprint density at radius 2 is 1.85 bits per heavy atom.